The minimum atomic E-state index is 0.397. The van der Waals surface area contributed by atoms with Crippen LogP contribution in [0.15, 0.2) is 60.7 Å². The van der Waals surface area contributed by atoms with E-state index in [1.807, 2.05) is 0 Å². The summed E-state index contributed by atoms with van der Waals surface area (Å²) in [7, 11) is 0. The third-order valence-corrected chi connectivity index (χ3v) is 4.51. The van der Waals surface area contributed by atoms with Gasteiger partial charge in [-0.25, -0.2) is 0 Å². The van der Waals surface area contributed by atoms with Gasteiger partial charge in [-0.2, -0.15) is 0 Å². The lowest BCUT2D eigenvalue weighted by Gasteiger charge is -2.15. The second kappa shape index (κ2) is 3.54. The number of para-hydroxylation sites is 1. The molecule has 2 aliphatic rings. The Balaban J connectivity index is 1.89. The summed E-state index contributed by atoms with van der Waals surface area (Å²) >= 11 is 0. The fourth-order valence-corrected chi connectivity index (χ4v) is 3.60. The van der Waals surface area contributed by atoms with E-state index in [9.17, 15) is 0 Å². The van der Waals surface area contributed by atoms with Crippen LogP contribution < -0.4 is 5.32 Å². The van der Waals surface area contributed by atoms with E-state index in [0.29, 0.717) is 12.0 Å². The first-order valence-electron chi connectivity index (χ1n) is 7.07. The van der Waals surface area contributed by atoms with Crippen molar-refractivity contribution in [3.05, 3.63) is 66.3 Å². The minimum absolute atomic E-state index is 0.397. The van der Waals surface area contributed by atoms with Gasteiger partial charge < -0.3 is 10.3 Å². The molecule has 0 bridgehead atoms. The quantitative estimate of drug-likeness (QED) is 0.617. The van der Waals surface area contributed by atoms with Gasteiger partial charge in [-0.1, -0.05) is 48.6 Å². The fourth-order valence-electron chi connectivity index (χ4n) is 3.60. The number of H-pyrrole nitrogens is 1. The Morgan fingerprint density at radius 1 is 0.850 bits per heavy atom. The van der Waals surface area contributed by atoms with Crippen LogP contribution in [0.25, 0.3) is 21.8 Å². The molecule has 2 N–H and O–H groups in total. The molecule has 1 aromatic heterocycles. The third-order valence-electron chi connectivity index (χ3n) is 4.51. The molecule has 2 nitrogen and oxygen atoms in total. The van der Waals surface area contributed by atoms with Crippen LogP contribution in [-0.4, -0.2) is 11.0 Å². The van der Waals surface area contributed by atoms with Gasteiger partial charge in [-0.05, 0) is 17.7 Å². The molecule has 0 amide bonds. The standard InChI is InChI=1S/C18H14N2/c1-3-7-14-11(5-1)12-9-10-16-17(18(12)20-14)13-6-2-4-8-15(13)19-16/h1-11,14,19-20H. The molecule has 3 aromatic rings. The Bertz CT molecular complexity index is 898. The zero-order chi connectivity index (χ0) is 13.1. The van der Waals surface area contributed by atoms with Crippen LogP contribution in [-0.2, 0) is 0 Å². The number of hydrogen-bond acceptors (Lipinski definition) is 1. The Kier molecular flexibility index (Phi) is 1.83. The number of nitrogens with one attached hydrogen (secondary N) is 2. The summed E-state index contributed by atoms with van der Waals surface area (Å²) in [5.74, 6) is 0.466. The van der Waals surface area contributed by atoms with Gasteiger partial charge in [0, 0.05) is 33.4 Å². The number of allylic oxidation sites excluding steroid dienone is 2. The lowest BCUT2D eigenvalue weighted by molar-refractivity contribution is 0.805. The third kappa shape index (κ3) is 1.19. The average Bonchev–Trinajstić information content (AvgIpc) is 3.04. The topological polar surface area (TPSA) is 27.8 Å². The molecule has 2 unspecified atom stereocenters. The largest absolute Gasteiger partial charge is 0.377 e. The van der Waals surface area contributed by atoms with E-state index >= 15 is 0 Å². The number of rotatable bonds is 0. The number of hydrogen-bond donors (Lipinski definition) is 2. The number of benzene rings is 2. The molecule has 0 fully saturated rings. The summed E-state index contributed by atoms with van der Waals surface area (Å²) in [4.78, 5) is 3.51. The van der Waals surface area contributed by atoms with Gasteiger partial charge in [-0.3, -0.25) is 0 Å². The number of aromatic nitrogens is 1. The minimum Gasteiger partial charge on any atom is -0.377 e. The van der Waals surface area contributed by atoms with Crippen LogP contribution in [0.1, 0.15) is 11.5 Å². The maximum Gasteiger partial charge on any atom is 0.0552 e. The zero-order valence-electron chi connectivity index (χ0n) is 10.9. The summed E-state index contributed by atoms with van der Waals surface area (Å²) in [5, 5.41) is 6.33. The number of anilines is 1. The van der Waals surface area contributed by atoms with E-state index in [0.717, 1.165) is 0 Å². The SMILES string of the molecule is C1=CC2Nc3c(ccc4[nH]c5ccccc5c34)C2C=C1. The summed E-state index contributed by atoms with van der Waals surface area (Å²) < 4.78 is 0. The lowest BCUT2D eigenvalue weighted by atomic mass is 9.91. The van der Waals surface area contributed by atoms with Crippen molar-refractivity contribution in [1.82, 2.24) is 4.98 Å². The molecule has 20 heavy (non-hydrogen) atoms. The Morgan fingerprint density at radius 2 is 1.75 bits per heavy atom. The molecule has 2 aromatic carbocycles. The molecule has 0 spiro atoms. The smallest absolute Gasteiger partial charge is 0.0552 e. The predicted octanol–water partition coefficient (Wildman–Crippen LogP) is 4.32. The van der Waals surface area contributed by atoms with Crippen LogP contribution in [0.5, 0.6) is 0 Å². The average molecular weight is 258 g/mol. The van der Waals surface area contributed by atoms with E-state index in [2.05, 4.69) is 71.0 Å². The highest BCUT2D eigenvalue weighted by Gasteiger charge is 2.31. The van der Waals surface area contributed by atoms with E-state index in [4.69, 9.17) is 0 Å². The fraction of sp³-hybridized carbons (Fsp3) is 0.111. The normalized spacial score (nSPS) is 23.0. The first-order chi connectivity index (χ1) is 9.92. The molecule has 2 atom stereocenters. The van der Waals surface area contributed by atoms with Crippen LogP contribution in [0.2, 0.25) is 0 Å². The molecular weight excluding hydrogens is 244 g/mol. The summed E-state index contributed by atoms with van der Waals surface area (Å²) in [6.07, 6.45) is 8.83. The number of fused-ring (bicyclic) bond motifs is 7. The van der Waals surface area contributed by atoms with Crippen molar-refractivity contribution >= 4 is 27.5 Å². The summed E-state index contributed by atoms with van der Waals surface area (Å²) in [6.45, 7) is 0. The van der Waals surface area contributed by atoms with Crippen molar-refractivity contribution in [2.24, 2.45) is 0 Å². The summed E-state index contributed by atoms with van der Waals surface area (Å²) in [6, 6.07) is 13.4. The predicted molar refractivity (Wildman–Crippen MR) is 84.2 cm³/mol. The first kappa shape index (κ1) is 10.3. The molecule has 5 rings (SSSR count). The first-order valence-corrected chi connectivity index (χ1v) is 7.07. The van der Waals surface area contributed by atoms with Crippen molar-refractivity contribution in [2.75, 3.05) is 5.32 Å². The molecule has 96 valence electrons. The molecule has 0 saturated heterocycles. The van der Waals surface area contributed by atoms with Gasteiger partial charge in [0.25, 0.3) is 0 Å². The van der Waals surface area contributed by atoms with Crippen molar-refractivity contribution in [3.63, 3.8) is 0 Å². The Hall–Kier alpha value is -2.48. The molecule has 2 heteroatoms. The monoisotopic (exact) mass is 258 g/mol. The zero-order valence-corrected chi connectivity index (χ0v) is 10.9. The summed E-state index contributed by atoms with van der Waals surface area (Å²) in [5.41, 5.74) is 5.13. The highest BCUT2D eigenvalue weighted by atomic mass is 15.0. The van der Waals surface area contributed by atoms with Gasteiger partial charge in [0.2, 0.25) is 0 Å². The van der Waals surface area contributed by atoms with Crippen molar-refractivity contribution < 1.29 is 0 Å². The van der Waals surface area contributed by atoms with Gasteiger partial charge in [-0.15, -0.1) is 0 Å². The van der Waals surface area contributed by atoms with Crippen molar-refractivity contribution in [3.8, 4) is 0 Å². The number of aromatic amines is 1. The van der Waals surface area contributed by atoms with Crippen LogP contribution in [0, 0.1) is 0 Å². The second-order valence-electron chi connectivity index (χ2n) is 5.59. The molecule has 0 radical (unpaired) electrons. The van der Waals surface area contributed by atoms with E-state index < -0.39 is 0 Å². The van der Waals surface area contributed by atoms with Crippen LogP contribution in [0.3, 0.4) is 0 Å². The van der Waals surface area contributed by atoms with E-state index in [1.165, 1.54) is 33.1 Å². The van der Waals surface area contributed by atoms with E-state index in [1.54, 1.807) is 0 Å². The highest BCUT2D eigenvalue weighted by molar-refractivity contribution is 6.14. The van der Waals surface area contributed by atoms with Gasteiger partial charge in [0.1, 0.15) is 0 Å². The van der Waals surface area contributed by atoms with Gasteiger partial charge in [0.15, 0.2) is 0 Å². The van der Waals surface area contributed by atoms with Crippen LogP contribution in [0.4, 0.5) is 5.69 Å². The molecule has 2 heterocycles. The highest BCUT2D eigenvalue weighted by Crippen LogP contribution is 2.44. The Labute approximate surface area is 116 Å². The molecular formula is C18H14N2. The van der Waals surface area contributed by atoms with Gasteiger partial charge in [0.05, 0.1) is 6.04 Å². The lowest BCUT2D eigenvalue weighted by Crippen LogP contribution is -2.17. The second-order valence-corrected chi connectivity index (χ2v) is 5.59. The Morgan fingerprint density at radius 3 is 2.75 bits per heavy atom. The van der Waals surface area contributed by atoms with E-state index in [-0.39, 0.29) is 0 Å². The maximum absolute atomic E-state index is 3.70. The molecule has 0 saturated carbocycles. The molecule has 1 aliphatic carbocycles. The van der Waals surface area contributed by atoms with Crippen molar-refractivity contribution in [1.29, 1.82) is 0 Å². The van der Waals surface area contributed by atoms with Gasteiger partial charge >= 0.3 is 0 Å². The van der Waals surface area contributed by atoms with Crippen molar-refractivity contribution in [2.45, 2.75) is 12.0 Å². The van der Waals surface area contributed by atoms with Crippen LogP contribution >= 0.6 is 0 Å². The maximum atomic E-state index is 3.70. The molecule has 1 aliphatic heterocycles.